The van der Waals surface area contributed by atoms with Gasteiger partial charge in [-0.3, -0.25) is 4.79 Å². The number of rotatable bonds is 10. The SMILES string of the molecule is C=CC(=O)OC1(C(=O)OCC(C)C(C)C)CCCC(C(=O)OCC(C)C(C)C)C1. The fraction of sp³-hybridized carbons (Fsp3) is 0.783. The molecule has 0 radical (unpaired) electrons. The first-order chi connectivity index (χ1) is 13.5. The molecule has 0 bridgehead atoms. The van der Waals surface area contributed by atoms with E-state index < -0.39 is 23.5 Å². The molecule has 1 saturated carbocycles. The Morgan fingerprint density at radius 2 is 1.55 bits per heavy atom. The van der Waals surface area contributed by atoms with Crippen LogP contribution in [0.4, 0.5) is 0 Å². The van der Waals surface area contributed by atoms with Gasteiger partial charge in [0.1, 0.15) is 0 Å². The number of esters is 3. The molecule has 0 aromatic rings. The minimum atomic E-state index is -1.46. The lowest BCUT2D eigenvalue weighted by Gasteiger charge is -2.37. The van der Waals surface area contributed by atoms with Crippen molar-refractivity contribution in [1.29, 1.82) is 0 Å². The van der Waals surface area contributed by atoms with Crippen LogP contribution in [0, 0.1) is 29.6 Å². The summed E-state index contributed by atoms with van der Waals surface area (Å²) in [6.45, 7) is 16.3. The van der Waals surface area contributed by atoms with Gasteiger partial charge in [0, 0.05) is 12.5 Å². The molecule has 4 atom stereocenters. The second-order valence-corrected chi connectivity index (χ2v) is 9.08. The molecule has 0 aliphatic heterocycles. The third kappa shape index (κ3) is 7.48. The smallest absolute Gasteiger partial charge is 0.350 e. The molecule has 6 nitrogen and oxygen atoms in total. The minimum absolute atomic E-state index is 0.0797. The summed E-state index contributed by atoms with van der Waals surface area (Å²) in [5.41, 5.74) is -1.46. The maximum atomic E-state index is 12.9. The zero-order chi connectivity index (χ0) is 22.2. The normalized spacial score (nSPS) is 23.9. The lowest BCUT2D eigenvalue weighted by Crippen LogP contribution is -2.49. The molecule has 0 amide bonds. The van der Waals surface area contributed by atoms with Gasteiger partial charge in [-0.15, -0.1) is 0 Å². The lowest BCUT2D eigenvalue weighted by molar-refractivity contribution is -0.189. The zero-order valence-corrected chi connectivity index (χ0v) is 18.9. The van der Waals surface area contributed by atoms with Crippen molar-refractivity contribution in [2.24, 2.45) is 29.6 Å². The van der Waals surface area contributed by atoms with Gasteiger partial charge in [-0.05, 0) is 42.9 Å². The summed E-state index contributed by atoms with van der Waals surface area (Å²) in [5, 5.41) is 0. The summed E-state index contributed by atoms with van der Waals surface area (Å²) < 4.78 is 16.5. The van der Waals surface area contributed by atoms with Crippen molar-refractivity contribution in [3.8, 4) is 0 Å². The van der Waals surface area contributed by atoms with Crippen LogP contribution in [0.5, 0.6) is 0 Å². The highest BCUT2D eigenvalue weighted by Gasteiger charge is 2.49. The Hall–Kier alpha value is -1.85. The van der Waals surface area contributed by atoms with E-state index in [-0.39, 0.29) is 30.8 Å². The molecule has 0 aromatic carbocycles. The average Bonchev–Trinajstić information content (AvgIpc) is 2.69. The van der Waals surface area contributed by atoms with Crippen LogP contribution in [-0.4, -0.2) is 36.7 Å². The highest BCUT2D eigenvalue weighted by atomic mass is 16.6. The Morgan fingerprint density at radius 1 is 1.00 bits per heavy atom. The Bertz CT molecular complexity index is 582. The van der Waals surface area contributed by atoms with Crippen LogP contribution in [0.1, 0.15) is 67.2 Å². The molecule has 0 saturated heterocycles. The summed E-state index contributed by atoms with van der Waals surface area (Å²) in [6.07, 6.45) is 2.60. The molecule has 29 heavy (non-hydrogen) atoms. The second kappa shape index (κ2) is 11.4. The molecule has 1 fully saturated rings. The van der Waals surface area contributed by atoms with Crippen LogP contribution in [0.25, 0.3) is 0 Å². The van der Waals surface area contributed by atoms with Crippen molar-refractivity contribution < 1.29 is 28.6 Å². The zero-order valence-electron chi connectivity index (χ0n) is 18.9. The van der Waals surface area contributed by atoms with Crippen molar-refractivity contribution in [2.45, 2.75) is 72.8 Å². The number of ether oxygens (including phenoxy) is 3. The predicted octanol–water partition coefficient (Wildman–Crippen LogP) is 4.32. The number of carbonyl (C=O) groups is 3. The third-order valence-electron chi connectivity index (χ3n) is 6.12. The van der Waals surface area contributed by atoms with Crippen molar-refractivity contribution in [1.82, 2.24) is 0 Å². The summed E-state index contributed by atoms with van der Waals surface area (Å²) in [7, 11) is 0. The number of hydrogen-bond acceptors (Lipinski definition) is 6. The molecule has 0 spiro atoms. The van der Waals surface area contributed by atoms with Crippen molar-refractivity contribution in [2.75, 3.05) is 13.2 Å². The largest absolute Gasteiger partial charge is 0.465 e. The molecular weight excluding hydrogens is 372 g/mol. The fourth-order valence-corrected chi connectivity index (χ4v) is 3.05. The molecule has 1 aliphatic carbocycles. The van der Waals surface area contributed by atoms with Gasteiger partial charge in [-0.2, -0.15) is 0 Å². The molecule has 0 N–H and O–H groups in total. The molecule has 4 unspecified atom stereocenters. The van der Waals surface area contributed by atoms with Gasteiger partial charge in [0.25, 0.3) is 0 Å². The Kier molecular flexibility index (Phi) is 9.87. The molecule has 0 heterocycles. The van der Waals surface area contributed by atoms with Crippen LogP contribution < -0.4 is 0 Å². The van der Waals surface area contributed by atoms with Crippen LogP contribution in [0.15, 0.2) is 12.7 Å². The molecule has 6 heteroatoms. The monoisotopic (exact) mass is 410 g/mol. The highest BCUT2D eigenvalue weighted by molar-refractivity contribution is 5.88. The van der Waals surface area contributed by atoms with E-state index in [4.69, 9.17) is 14.2 Å². The van der Waals surface area contributed by atoms with Crippen LogP contribution >= 0.6 is 0 Å². The predicted molar refractivity (Wildman–Crippen MR) is 111 cm³/mol. The molecule has 1 aliphatic rings. The first-order valence-corrected chi connectivity index (χ1v) is 10.7. The van der Waals surface area contributed by atoms with E-state index in [9.17, 15) is 14.4 Å². The number of carbonyl (C=O) groups excluding carboxylic acids is 3. The maximum Gasteiger partial charge on any atom is 0.350 e. The third-order valence-corrected chi connectivity index (χ3v) is 6.12. The van der Waals surface area contributed by atoms with E-state index in [0.29, 0.717) is 37.7 Å². The van der Waals surface area contributed by atoms with Gasteiger partial charge in [0.15, 0.2) is 0 Å². The Labute approximate surface area is 175 Å². The molecule has 1 rings (SSSR count). The lowest BCUT2D eigenvalue weighted by atomic mass is 9.77. The Morgan fingerprint density at radius 3 is 2.07 bits per heavy atom. The van der Waals surface area contributed by atoms with Gasteiger partial charge in [0.05, 0.1) is 19.1 Å². The van der Waals surface area contributed by atoms with Gasteiger partial charge >= 0.3 is 17.9 Å². The minimum Gasteiger partial charge on any atom is -0.465 e. The van der Waals surface area contributed by atoms with Gasteiger partial charge < -0.3 is 14.2 Å². The van der Waals surface area contributed by atoms with E-state index in [1.165, 1.54) is 0 Å². The van der Waals surface area contributed by atoms with E-state index in [1.54, 1.807) is 0 Å². The van der Waals surface area contributed by atoms with Crippen LogP contribution in [-0.2, 0) is 28.6 Å². The summed E-state index contributed by atoms with van der Waals surface area (Å²) in [5.74, 6) is -0.961. The molecular formula is C23H38O6. The van der Waals surface area contributed by atoms with E-state index in [0.717, 1.165) is 6.08 Å². The quantitative estimate of drug-likeness (QED) is 0.303. The van der Waals surface area contributed by atoms with Gasteiger partial charge in [-0.25, -0.2) is 9.59 Å². The maximum absolute atomic E-state index is 12.9. The average molecular weight is 411 g/mol. The van der Waals surface area contributed by atoms with E-state index in [1.807, 2.05) is 13.8 Å². The fourth-order valence-electron chi connectivity index (χ4n) is 3.05. The standard InChI is InChI=1S/C23H38O6/c1-8-20(24)29-23(22(26)28-14-18(7)16(4)5)11-9-10-19(12-23)21(25)27-13-17(6)15(2)3/h8,15-19H,1,9-14H2,2-7H3. The summed E-state index contributed by atoms with van der Waals surface area (Å²) in [6, 6.07) is 0. The molecule has 166 valence electrons. The van der Waals surface area contributed by atoms with Gasteiger partial charge in [0.2, 0.25) is 5.60 Å². The molecule has 0 aromatic heterocycles. The van der Waals surface area contributed by atoms with E-state index >= 15 is 0 Å². The summed E-state index contributed by atoms with van der Waals surface area (Å²) >= 11 is 0. The topological polar surface area (TPSA) is 78.9 Å². The summed E-state index contributed by atoms with van der Waals surface area (Å²) in [4.78, 5) is 37.5. The highest BCUT2D eigenvalue weighted by Crippen LogP contribution is 2.38. The van der Waals surface area contributed by atoms with Crippen molar-refractivity contribution in [3.63, 3.8) is 0 Å². The van der Waals surface area contributed by atoms with Crippen molar-refractivity contribution >= 4 is 17.9 Å². The first-order valence-electron chi connectivity index (χ1n) is 10.7. The number of hydrogen-bond donors (Lipinski definition) is 0. The van der Waals surface area contributed by atoms with Crippen molar-refractivity contribution in [3.05, 3.63) is 12.7 Å². The van der Waals surface area contributed by atoms with Crippen LogP contribution in [0.3, 0.4) is 0 Å². The van der Waals surface area contributed by atoms with E-state index in [2.05, 4.69) is 34.3 Å². The Balaban J connectivity index is 2.89. The first kappa shape index (κ1) is 25.2. The van der Waals surface area contributed by atoms with Gasteiger partial charge in [-0.1, -0.05) is 48.1 Å². The van der Waals surface area contributed by atoms with Crippen LogP contribution in [0.2, 0.25) is 0 Å². The second-order valence-electron chi connectivity index (χ2n) is 9.08.